The zero-order valence-electron chi connectivity index (χ0n) is 9.92. The van der Waals surface area contributed by atoms with E-state index in [0.29, 0.717) is 5.69 Å². The number of nitrogens with one attached hydrogen (secondary N) is 1. The molecule has 0 saturated carbocycles. The molecule has 0 spiro atoms. The van der Waals surface area contributed by atoms with Crippen LogP contribution in [0.3, 0.4) is 0 Å². The molecule has 7 heteroatoms. The summed E-state index contributed by atoms with van der Waals surface area (Å²) < 4.78 is 2.21. The highest BCUT2D eigenvalue weighted by molar-refractivity contribution is 14.1. The summed E-state index contributed by atoms with van der Waals surface area (Å²) in [5.41, 5.74) is 0.666. The van der Waals surface area contributed by atoms with Crippen molar-refractivity contribution in [2.45, 2.75) is 0 Å². The van der Waals surface area contributed by atoms with Gasteiger partial charge in [-0.3, -0.25) is 9.48 Å². The van der Waals surface area contributed by atoms with Crippen LogP contribution in [0.4, 0.5) is 5.69 Å². The van der Waals surface area contributed by atoms with Crippen LogP contribution in [-0.2, 0) is 7.05 Å². The van der Waals surface area contributed by atoms with E-state index in [9.17, 15) is 9.59 Å². The number of aryl methyl sites for hydroxylation is 1. The zero-order valence-corrected chi connectivity index (χ0v) is 12.1. The number of carboxylic acid groups (broad SMARTS) is 1. The van der Waals surface area contributed by atoms with E-state index in [1.807, 2.05) is 12.1 Å². The largest absolute Gasteiger partial charge is 0.477 e. The number of hydrogen-bond acceptors (Lipinski definition) is 3. The van der Waals surface area contributed by atoms with E-state index in [0.717, 1.165) is 8.25 Å². The topological polar surface area (TPSA) is 84.2 Å². The van der Waals surface area contributed by atoms with Crippen molar-refractivity contribution < 1.29 is 14.7 Å². The lowest BCUT2D eigenvalue weighted by Crippen LogP contribution is -2.12. The van der Waals surface area contributed by atoms with E-state index in [1.54, 1.807) is 12.1 Å². The summed E-state index contributed by atoms with van der Waals surface area (Å²) in [5.74, 6) is -1.56. The lowest BCUT2D eigenvalue weighted by molar-refractivity contribution is 0.0685. The highest BCUT2D eigenvalue weighted by atomic mass is 127. The van der Waals surface area contributed by atoms with Crippen molar-refractivity contribution in [3.05, 3.63) is 45.3 Å². The minimum atomic E-state index is -1.12. The number of nitrogens with zero attached hydrogens (tertiary/aromatic N) is 2. The summed E-state index contributed by atoms with van der Waals surface area (Å²) in [6.07, 6.45) is 0. The number of anilines is 1. The number of amides is 1. The molecule has 0 fully saturated rings. The van der Waals surface area contributed by atoms with Crippen molar-refractivity contribution in [2.75, 3.05) is 5.32 Å². The molecular formula is C12H10IN3O3. The number of carboxylic acids is 1. The fourth-order valence-electron chi connectivity index (χ4n) is 1.51. The Morgan fingerprint density at radius 3 is 2.47 bits per heavy atom. The van der Waals surface area contributed by atoms with Gasteiger partial charge in [-0.15, -0.1) is 0 Å². The van der Waals surface area contributed by atoms with Crippen molar-refractivity contribution in [1.82, 2.24) is 9.78 Å². The lowest BCUT2D eigenvalue weighted by atomic mass is 10.3. The van der Waals surface area contributed by atoms with Gasteiger partial charge >= 0.3 is 5.97 Å². The van der Waals surface area contributed by atoms with Gasteiger partial charge < -0.3 is 10.4 Å². The number of rotatable bonds is 3. The van der Waals surface area contributed by atoms with Gasteiger partial charge in [-0.25, -0.2) is 4.79 Å². The van der Waals surface area contributed by atoms with Crippen LogP contribution < -0.4 is 5.32 Å². The van der Waals surface area contributed by atoms with Gasteiger partial charge in [0.25, 0.3) is 5.91 Å². The van der Waals surface area contributed by atoms with Crippen LogP contribution in [0.5, 0.6) is 0 Å². The molecule has 0 unspecified atom stereocenters. The van der Waals surface area contributed by atoms with Gasteiger partial charge in [0.15, 0.2) is 5.69 Å². The standard InChI is InChI=1S/C12H10IN3O3/c1-16-10(12(18)19)6-9(15-16)11(17)14-8-4-2-7(13)3-5-8/h2-6H,1H3,(H,14,17)(H,18,19). The molecule has 98 valence electrons. The maximum absolute atomic E-state index is 11.9. The van der Waals surface area contributed by atoms with Gasteiger partial charge in [0.05, 0.1) is 0 Å². The molecule has 6 nitrogen and oxygen atoms in total. The molecule has 0 saturated heterocycles. The third-order valence-electron chi connectivity index (χ3n) is 2.43. The predicted octanol–water partition coefficient (Wildman–Crippen LogP) is 1.98. The van der Waals surface area contributed by atoms with Gasteiger partial charge in [0, 0.05) is 22.4 Å². The summed E-state index contributed by atoms with van der Waals surface area (Å²) in [4.78, 5) is 22.8. The third-order valence-corrected chi connectivity index (χ3v) is 3.15. The Morgan fingerprint density at radius 1 is 1.32 bits per heavy atom. The van der Waals surface area contributed by atoms with Crippen molar-refractivity contribution in [2.24, 2.45) is 7.05 Å². The molecule has 0 bridgehead atoms. The van der Waals surface area contributed by atoms with E-state index in [2.05, 4.69) is 33.0 Å². The van der Waals surface area contributed by atoms with E-state index < -0.39 is 11.9 Å². The molecule has 0 radical (unpaired) electrons. The van der Waals surface area contributed by atoms with Gasteiger partial charge in [0.2, 0.25) is 0 Å². The number of benzene rings is 1. The number of aromatic nitrogens is 2. The molecule has 0 aliphatic carbocycles. The number of carbonyl (C=O) groups is 2. The number of aromatic carboxylic acids is 1. The maximum Gasteiger partial charge on any atom is 0.354 e. The average molecular weight is 371 g/mol. The fourth-order valence-corrected chi connectivity index (χ4v) is 1.87. The Hall–Kier alpha value is -1.90. The van der Waals surface area contributed by atoms with Crippen LogP contribution in [0, 0.1) is 3.57 Å². The maximum atomic E-state index is 11.9. The monoisotopic (exact) mass is 371 g/mol. The molecule has 1 aromatic carbocycles. The van der Waals surface area contributed by atoms with Crippen LogP contribution >= 0.6 is 22.6 Å². The SMILES string of the molecule is Cn1nc(C(=O)Nc2ccc(I)cc2)cc1C(=O)O. The van der Waals surface area contributed by atoms with Crippen molar-refractivity contribution >= 4 is 40.2 Å². The second-order valence-electron chi connectivity index (χ2n) is 3.80. The molecule has 0 atom stereocenters. The van der Waals surface area contributed by atoms with Gasteiger partial charge in [0.1, 0.15) is 5.69 Å². The first-order valence-electron chi connectivity index (χ1n) is 5.31. The molecule has 2 aromatic rings. The van der Waals surface area contributed by atoms with Crippen molar-refractivity contribution in [3.63, 3.8) is 0 Å². The normalized spacial score (nSPS) is 10.2. The smallest absolute Gasteiger partial charge is 0.354 e. The first-order chi connectivity index (χ1) is 8.97. The Balaban J connectivity index is 2.18. The number of carbonyl (C=O) groups excluding carboxylic acids is 1. The van der Waals surface area contributed by atoms with Gasteiger partial charge in [-0.05, 0) is 46.9 Å². The summed E-state index contributed by atoms with van der Waals surface area (Å²) in [7, 11) is 1.48. The summed E-state index contributed by atoms with van der Waals surface area (Å²) in [6, 6.07) is 8.49. The van der Waals surface area contributed by atoms with Gasteiger partial charge in [-0.1, -0.05) is 0 Å². The van der Waals surface area contributed by atoms with E-state index in [4.69, 9.17) is 5.11 Å². The second-order valence-corrected chi connectivity index (χ2v) is 5.05. The summed E-state index contributed by atoms with van der Waals surface area (Å²) >= 11 is 2.16. The predicted molar refractivity (Wildman–Crippen MR) is 77.3 cm³/mol. The lowest BCUT2D eigenvalue weighted by Gasteiger charge is -2.02. The quantitative estimate of drug-likeness (QED) is 0.809. The van der Waals surface area contributed by atoms with Crippen LogP contribution in [0.15, 0.2) is 30.3 Å². The number of hydrogen-bond donors (Lipinski definition) is 2. The Bertz CT molecular complexity index is 634. The Labute approximate surface area is 122 Å². The van der Waals surface area contributed by atoms with E-state index >= 15 is 0 Å². The van der Waals surface area contributed by atoms with Crippen LogP contribution in [0.2, 0.25) is 0 Å². The minimum absolute atomic E-state index is 0.0345. The first-order valence-corrected chi connectivity index (χ1v) is 6.39. The van der Waals surface area contributed by atoms with Crippen LogP contribution in [0.1, 0.15) is 21.0 Å². The van der Waals surface area contributed by atoms with Crippen molar-refractivity contribution in [3.8, 4) is 0 Å². The van der Waals surface area contributed by atoms with Crippen LogP contribution in [0.25, 0.3) is 0 Å². The molecule has 1 amide bonds. The first kappa shape index (κ1) is 13.5. The van der Waals surface area contributed by atoms with E-state index in [1.165, 1.54) is 13.1 Å². The Kier molecular flexibility index (Phi) is 3.84. The van der Waals surface area contributed by atoms with Crippen molar-refractivity contribution in [1.29, 1.82) is 0 Å². The molecule has 2 N–H and O–H groups in total. The highest BCUT2D eigenvalue weighted by Crippen LogP contribution is 2.12. The highest BCUT2D eigenvalue weighted by Gasteiger charge is 2.16. The molecule has 19 heavy (non-hydrogen) atoms. The molecule has 2 rings (SSSR count). The summed E-state index contributed by atoms with van der Waals surface area (Å²) in [6.45, 7) is 0. The fraction of sp³-hybridized carbons (Fsp3) is 0.0833. The molecule has 0 aliphatic heterocycles. The zero-order chi connectivity index (χ0) is 14.0. The van der Waals surface area contributed by atoms with Crippen LogP contribution in [-0.4, -0.2) is 26.8 Å². The summed E-state index contributed by atoms with van der Waals surface area (Å²) in [5, 5.41) is 15.4. The molecule has 1 aromatic heterocycles. The van der Waals surface area contributed by atoms with E-state index in [-0.39, 0.29) is 11.4 Å². The third kappa shape index (κ3) is 3.11. The minimum Gasteiger partial charge on any atom is -0.477 e. The Morgan fingerprint density at radius 2 is 1.95 bits per heavy atom. The second kappa shape index (κ2) is 5.39. The molecular weight excluding hydrogens is 361 g/mol. The van der Waals surface area contributed by atoms with Gasteiger partial charge in [-0.2, -0.15) is 5.10 Å². The average Bonchev–Trinajstić information content (AvgIpc) is 2.74. The molecule has 1 heterocycles. The molecule has 0 aliphatic rings. The number of halogens is 1.